The van der Waals surface area contributed by atoms with E-state index in [1.807, 2.05) is 22.9 Å². The Kier molecular flexibility index (Phi) is 4.70. The number of rotatable bonds is 5. The zero-order chi connectivity index (χ0) is 14.5. The lowest BCUT2D eigenvalue weighted by Crippen LogP contribution is -2.23. The maximum atomic E-state index is 12.2. The summed E-state index contributed by atoms with van der Waals surface area (Å²) in [7, 11) is 1.42. The molecule has 0 aromatic carbocycles. The highest BCUT2D eigenvalue weighted by molar-refractivity contribution is 7.12. The van der Waals surface area contributed by atoms with Crippen LogP contribution < -0.4 is 5.32 Å². The number of carbonyl (C=O) groups excluding carboxylic acids is 2. The summed E-state index contributed by atoms with van der Waals surface area (Å²) in [6, 6.07) is 7.21. The fourth-order valence-corrected chi connectivity index (χ4v) is 3.00. The van der Waals surface area contributed by atoms with Gasteiger partial charge in [-0.15, -0.1) is 22.7 Å². The Bertz CT molecular complexity index is 627. The molecule has 0 aliphatic heterocycles. The first-order valence-corrected chi connectivity index (χ1v) is 7.57. The van der Waals surface area contributed by atoms with E-state index in [-0.39, 0.29) is 17.4 Å². The van der Waals surface area contributed by atoms with Crippen LogP contribution in [0.15, 0.2) is 40.8 Å². The molecule has 0 fully saturated rings. The first-order chi connectivity index (χ1) is 9.63. The number of Topliss-reactive ketones (excluding diaryl/α,β-unsaturated/α-hetero) is 1. The molecule has 0 atom stereocenters. The lowest BCUT2D eigenvalue weighted by atomic mass is 10.2. The van der Waals surface area contributed by atoms with E-state index >= 15 is 0 Å². The lowest BCUT2D eigenvalue weighted by Gasteiger charge is -2.12. The van der Waals surface area contributed by atoms with E-state index in [0.29, 0.717) is 10.6 Å². The largest absolute Gasteiger partial charge is 0.491 e. The molecule has 104 valence electrons. The number of ether oxygens (including phenoxy) is 1. The molecule has 0 spiro atoms. The van der Waals surface area contributed by atoms with Gasteiger partial charge in [0.2, 0.25) is 0 Å². The van der Waals surface area contributed by atoms with Crippen LogP contribution in [0.25, 0.3) is 5.70 Å². The summed E-state index contributed by atoms with van der Waals surface area (Å²) < 4.78 is 5.14. The minimum Gasteiger partial charge on any atom is -0.491 e. The summed E-state index contributed by atoms with van der Waals surface area (Å²) in [4.78, 5) is 25.2. The highest BCUT2D eigenvalue weighted by Crippen LogP contribution is 2.23. The monoisotopic (exact) mass is 307 g/mol. The zero-order valence-corrected chi connectivity index (χ0v) is 12.6. The minimum absolute atomic E-state index is 0.150. The van der Waals surface area contributed by atoms with Crippen LogP contribution in [-0.2, 0) is 9.53 Å². The summed E-state index contributed by atoms with van der Waals surface area (Å²) in [5, 5.41) is 6.47. The van der Waals surface area contributed by atoms with E-state index in [4.69, 9.17) is 4.74 Å². The van der Waals surface area contributed by atoms with Crippen LogP contribution in [0, 0.1) is 0 Å². The van der Waals surface area contributed by atoms with Gasteiger partial charge in [0.05, 0.1) is 16.9 Å². The normalized spacial score (nSPS) is 11.7. The number of thiophene rings is 2. The smallest absolute Gasteiger partial charge is 0.265 e. The van der Waals surface area contributed by atoms with Crippen LogP contribution in [0.4, 0.5) is 0 Å². The Morgan fingerprint density at radius 1 is 1.10 bits per heavy atom. The van der Waals surface area contributed by atoms with Gasteiger partial charge < -0.3 is 10.1 Å². The van der Waals surface area contributed by atoms with E-state index in [1.165, 1.54) is 36.7 Å². The van der Waals surface area contributed by atoms with Gasteiger partial charge in [0.25, 0.3) is 5.91 Å². The van der Waals surface area contributed by atoms with Crippen molar-refractivity contribution in [1.82, 2.24) is 5.32 Å². The van der Waals surface area contributed by atoms with Crippen molar-refractivity contribution in [3.05, 3.63) is 50.5 Å². The number of carbonyl (C=O) groups is 2. The molecule has 2 heterocycles. The third-order valence-electron chi connectivity index (χ3n) is 2.50. The molecule has 6 heteroatoms. The van der Waals surface area contributed by atoms with Crippen LogP contribution in [-0.4, -0.2) is 18.8 Å². The number of allylic oxidation sites excluding steroid dienone is 1. The quantitative estimate of drug-likeness (QED) is 0.682. The van der Waals surface area contributed by atoms with Crippen molar-refractivity contribution < 1.29 is 14.3 Å². The van der Waals surface area contributed by atoms with Crippen LogP contribution in [0.2, 0.25) is 0 Å². The predicted molar refractivity (Wildman–Crippen MR) is 80.7 cm³/mol. The standard InChI is InChI=1S/C14H13NO3S2/c1-9(16)13(18-2)12(10-5-3-7-19-10)15-14(17)11-6-4-8-20-11/h3-8H,1-2H3,(H,15,17)/b13-12+. The third kappa shape index (κ3) is 3.15. The van der Waals surface area contributed by atoms with Crippen molar-refractivity contribution in [2.45, 2.75) is 6.92 Å². The third-order valence-corrected chi connectivity index (χ3v) is 4.26. The highest BCUT2D eigenvalue weighted by Gasteiger charge is 2.19. The molecule has 0 radical (unpaired) electrons. The van der Waals surface area contributed by atoms with Gasteiger partial charge in [-0.05, 0) is 22.9 Å². The van der Waals surface area contributed by atoms with Crippen LogP contribution in [0.5, 0.6) is 0 Å². The first-order valence-electron chi connectivity index (χ1n) is 5.81. The maximum absolute atomic E-state index is 12.2. The van der Waals surface area contributed by atoms with E-state index in [0.717, 1.165) is 4.88 Å². The topological polar surface area (TPSA) is 55.4 Å². The second kappa shape index (κ2) is 6.49. The molecule has 1 N–H and O–H groups in total. The predicted octanol–water partition coefficient (Wildman–Crippen LogP) is 3.14. The van der Waals surface area contributed by atoms with Gasteiger partial charge in [0.15, 0.2) is 11.5 Å². The summed E-state index contributed by atoms with van der Waals surface area (Å²) in [6.45, 7) is 1.41. The number of hydrogen-bond donors (Lipinski definition) is 1. The number of amides is 1. The van der Waals surface area contributed by atoms with Gasteiger partial charge in [-0.2, -0.15) is 0 Å². The van der Waals surface area contributed by atoms with Crippen molar-refractivity contribution >= 4 is 40.1 Å². The Morgan fingerprint density at radius 2 is 1.70 bits per heavy atom. The molecular weight excluding hydrogens is 294 g/mol. The average molecular weight is 307 g/mol. The van der Waals surface area contributed by atoms with Crippen LogP contribution >= 0.6 is 22.7 Å². The summed E-state index contributed by atoms with van der Waals surface area (Å²) in [6.07, 6.45) is 0. The molecule has 0 bridgehead atoms. The number of hydrogen-bond acceptors (Lipinski definition) is 5. The molecule has 1 amide bonds. The number of methoxy groups -OCH3 is 1. The van der Waals surface area contributed by atoms with E-state index in [9.17, 15) is 9.59 Å². The van der Waals surface area contributed by atoms with E-state index < -0.39 is 0 Å². The second-order valence-electron chi connectivity index (χ2n) is 3.87. The molecule has 0 aliphatic carbocycles. The van der Waals surface area contributed by atoms with Crippen molar-refractivity contribution in [2.75, 3.05) is 7.11 Å². The maximum Gasteiger partial charge on any atom is 0.265 e. The molecule has 0 unspecified atom stereocenters. The summed E-state index contributed by atoms with van der Waals surface area (Å²) >= 11 is 2.77. The van der Waals surface area contributed by atoms with Crippen LogP contribution in [0.3, 0.4) is 0 Å². The van der Waals surface area contributed by atoms with Gasteiger partial charge in [-0.25, -0.2) is 0 Å². The highest BCUT2D eigenvalue weighted by atomic mass is 32.1. The van der Waals surface area contributed by atoms with Crippen molar-refractivity contribution in [3.8, 4) is 0 Å². The minimum atomic E-state index is -0.251. The van der Waals surface area contributed by atoms with Crippen molar-refractivity contribution in [1.29, 1.82) is 0 Å². The van der Waals surface area contributed by atoms with E-state index in [1.54, 1.807) is 12.1 Å². The molecule has 2 aromatic heterocycles. The zero-order valence-electron chi connectivity index (χ0n) is 11.0. The number of nitrogens with one attached hydrogen (secondary N) is 1. The molecule has 0 saturated carbocycles. The van der Waals surface area contributed by atoms with Gasteiger partial charge >= 0.3 is 0 Å². The summed E-state index contributed by atoms with van der Waals surface area (Å²) in [5.41, 5.74) is 0.411. The molecule has 2 aromatic rings. The Labute approximate surface area is 124 Å². The molecular formula is C14H13NO3S2. The van der Waals surface area contributed by atoms with Gasteiger partial charge in [-0.3, -0.25) is 9.59 Å². The van der Waals surface area contributed by atoms with Gasteiger partial charge in [0.1, 0.15) is 5.70 Å². The first kappa shape index (κ1) is 14.5. The lowest BCUT2D eigenvalue weighted by molar-refractivity contribution is -0.116. The molecule has 0 saturated heterocycles. The molecule has 2 rings (SSSR count). The fourth-order valence-electron chi connectivity index (χ4n) is 1.66. The van der Waals surface area contributed by atoms with Gasteiger partial charge in [-0.1, -0.05) is 12.1 Å². The Balaban J connectivity index is 2.38. The Morgan fingerprint density at radius 3 is 2.15 bits per heavy atom. The van der Waals surface area contributed by atoms with Crippen LogP contribution in [0.1, 0.15) is 21.5 Å². The second-order valence-corrected chi connectivity index (χ2v) is 5.77. The average Bonchev–Trinajstić information content (AvgIpc) is 3.11. The van der Waals surface area contributed by atoms with E-state index in [2.05, 4.69) is 5.32 Å². The molecule has 20 heavy (non-hydrogen) atoms. The molecule has 0 aliphatic rings. The fraction of sp³-hybridized carbons (Fsp3) is 0.143. The van der Waals surface area contributed by atoms with Gasteiger partial charge in [0, 0.05) is 6.92 Å². The van der Waals surface area contributed by atoms with Crippen molar-refractivity contribution in [3.63, 3.8) is 0 Å². The molecule has 4 nitrogen and oxygen atoms in total. The SMILES string of the molecule is CO/C(C(C)=O)=C(/NC(=O)c1cccs1)c1cccs1. The van der Waals surface area contributed by atoms with Crippen molar-refractivity contribution in [2.24, 2.45) is 0 Å². The Hall–Kier alpha value is -1.92. The number of ketones is 1. The summed E-state index contributed by atoms with van der Waals surface area (Å²) in [5.74, 6) is -0.334.